The number of allylic oxidation sites excluding steroid dienone is 8. The summed E-state index contributed by atoms with van der Waals surface area (Å²) in [5, 5.41) is 23.7. The predicted molar refractivity (Wildman–Crippen MR) is 250 cm³/mol. The average molecular weight is 814 g/mol. The first-order chi connectivity index (χ1) is 28.5. The van der Waals surface area contributed by atoms with Gasteiger partial charge in [0.15, 0.2) is 0 Å². The molecule has 0 aromatic heterocycles. The van der Waals surface area contributed by atoms with Gasteiger partial charge in [-0.1, -0.05) is 198 Å². The largest absolute Gasteiger partial charge is 0.462 e. The molecule has 3 atom stereocenters. The summed E-state index contributed by atoms with van der Waals surface area (Å²) >= 11 is 0. The Bertz CT molecular complexity index is 1000. The van der Waals surface area contributed by atoms with Crippen LogP contribution in [0.1, 0.15) is 245 Å². The summed E-state index contributed by atoms with van der Waals surface area (Å²) in [7, 11) is 0. The Morgan fingerprint density at radius 1 is 0.517 bits per heavy atom. The fraction of sp³-hybridized carbons (Fsp3) is 0.808. The van der Waals surface area contributed by atoms with Crippen LogP contribution in [0.4, 0.5) is 0 Å². The molecule has 0 aliphatic carbocycles. The van der Waals surface area contributed by atoms with Crippen LogP contribution < -0.4 is 5.32 Å². The zero-order valence-corrected chi connectivity index (χ0v) is 38.4. The normalized spacial score (nSPS) is 13.7. The molecule has 0 heterocycles. The molecule has 0 saturated carbocycles. The lowest BCUT2D eigenvalue weighted by molar-refractivity contribution is -0.151. The molecule has 0 aromatic rings. The Balaban J connectivity index is 4.57. The van der Waals surface area contributed by atoms with Gasteiger partial charge in [-0.25, -0.2) is 0 Å². The molecule has 0 rings (SSSR count). The molecule has 0 spiro atoms. The second-order valence-electron chi connectivity index (χ2n) is 16.8. The van der Waals surface area contributed by atoms with Crippen molar-refractivity contribution in [1.82, 2.24) is 5.32 Å². The van der Waals surface area contributed by atoms with Crippen LogP contribution in [-0.4, -0.2) is 46.9 Å². The van der Waals surface area contributed by atoms with Gasteiger partial charge in [-0.2, -0.15) is 0 Å². The minimum Gasteiger partial charge on any atom is -0.462 e. The van der Waals surface area contributed by atoms with E-state index in [-0.39, 0.29) is 24.9 Å². The molecular formula is C52H95NO5. The van der Waals surface area contributed by atoms with Crippen molar-refractivity contribution >= 4 is 11.9 Å². The highest BCUT2D eigenvalue weighted by molar-refractivity contribution is 5.77. The van der Waals surface area contributed by atoms with Gasteiger partial charge in [0.2, 0.25) is 5.91 Å². The van der Waals surface area contributed by atoms with E-state index in [0.717, 1.165) is 89.9 Å². The number of carbonyl (C=O) groups excluding carboxylic acids is 2. The molecule has 0 bridgehead atoms. The standard InChI is InChI=1S/C52H95NO5/c1-4-7-10-13-16-19-22-24-25-26-27-28-30-33-36-39-42-45-52(57)58-48(43-40-37-34-31-29-23-20-17-14-11-8-5-2)46-51(56)53-49(47-54)50(55)44-41-38-35-32-21-18-15-12-9-6-3/h8,11,16-17,19-20,24-25,48-50,54-55H,4-7,9-10,12-15,18,21-23,26-47H2,1-3H3,(H,53,56)/b11-8+,19-16-,20-17+,25-24-. The molecular weight excluding hydrogens is 719 g/mol. The van der Waals surface area contributed by atoms with Crippen LogP contribution in [0.3, 0.4) is 0 Å². The first kappa shape index (κ1) is 55.8. The van der Waals surface area contributed by atoms with Crippen molar-refractivity contribution in [3.8, 4) is 0 Å². The summed E-state index contributed by atoms with van der Waals surface area (Å²) in [5.41, 5.74) is 0. The van der Waals surface area contributed by atoms with Crippen LogP contribution in [0.5, 0.6) is 0 Å². The van der Waals surface area contributed by atoms with E-state index < -0.39 is 18.2 Å². The van der Waals surface area contributed by atoms with Crippen molar-refractivity contribution in [1.29, 1.82) is 0 Å². The first-order valence-corrected chi connectivity index (χ1v) is 24.9. The SMILES string of the molecule is CC/C=C/C/C=C/CCCCCCCC(CC(=O)NC(CO)C(O)CCCCCCCCCCCC)OC(=O)CCCCCCCCC/C=C\C/C=C\CCCCC. The number of ether oxygens (including phenoxy) is 1. The summed E-state index contributed by atoms with van der Waals surface area (Å²) in [6.07, 6.45) is 54.6. The molecule has 3 unspecified atom stereocenters. The molecule has 0 aliphatic rings. The van der Waals surface area contributed by atoms with Gasteiger partial charge in [0, 0.05) is 6.42 Å². The third-order valence-corrected chi connectivity index (χ3v) is 11.1. The van der Waals surface area contributed by atoms with Gasteiger partial charge in [0.05, 0.1) is 25.2 Å². The van der Waals surface area contributed by atoms with Crippen molar-refractivity contribution in [2.45, 2.75) is 264 Å². The van der Waals surface area contributed by atoms with Crippen LogP contribution >= 0.6 is 0 Å². The van der Waals surface area contributed by atoms with Gasteiger partial charge in [0.25, 0.3) is 0 Å². The number of nitrogens with one attached hydrogen (secondary N) is 1. The topological polar surface area (TPSA) is 95.9 Å². The van der Waals surface area contributed by atoms with Crippen LogP contribution in [0.25, 0.3) is 0 Å². The number of rotatable bonds is 44. The van der Waals surface area contributed by atoms with Gasteiger partial charge in [0.1, 0.15) is 6.10 Å². The van der Waals surface area contributed by atoms with Gasteiger partial charge < -0.3 is 20.3 Å². The van der Waals surface area contributed by atoms with Crippen LogP contribution in [0.15, 0.2) is 48.6 Å². The lowest BCUT2D eigenvalue weighted by Gasteiger charge is -2.24. The fourth-order valence-corrected chi connectivity index (χ4v) is 7.38. The third kappa shape index (κ3) is 40.6. The molecule has 0 aliphatic heterocycles. The lowest BCUT2D eigenvalue weighted by Crippen LogP contribution is -2.46. The number of amides is 1. The first-order valence-electron chi connectivity index (χ1n) is 24.9. The number of esters is 1. The van der Waals surface area contributed by atoms with Crippen LogP contribution in [-0.2, 0) is 14.3 Å². The molecule has 3 N–H and O–H groups in total. The second-order valence-corrected chi connectivity index (χ2v) is 16.8. The maximum atomic E-state index is 13.2. The van der Waals surface area contributed by atoms with Crippen molar-refractivity contribution in [2.24, 2.45) is 0 Å². The molecule has 0 fully saturated rings. The third-order valence-electron chi connectivity index (χ3n) is 11.1. The molecule has 0 aromatic carbocycles. The fourth-order valence-electron chi connectivity index (χ4n) is 7.38. The highest BCUT2D eigenvalue weighted by Gasteiger charge is 2.24. The van der Waals surface area contributed by atoms with Gasteiger partial charge in [-0.15, -0.1) is 0 Å². The Labute approximate surface area is 359 Å². The molecule has 58 heavy (non-hydrogen) atoms. The van der Waals surface area contributed by atoms with E-state index in [2.05, 4.69) is 74.7 Å². The van der Waals surface area contributed by atoms with Gasteiger partial charge in [-0.05, 0) is 83.5 Å². The van der Waals surface area contributed by atoms with E-state index in [0.29, 0.717) is 19.3 Å². The van der Waals surface area contributed by atoms with E-state index in [1.807, 2.05) is 0 Å². The number of carbonyl (C=O) groups is 2. The van der Waals surface area contributed by atoms with Gasteiger partial charge in [-0.3, -0.25) is 9.59 Å². The lowest BCUT2D eigenvalue weighted by atomic mass is 10.0. The Morgan fingerprint density at radius 2 is 0.931 bits per heavy atom. The minimum atomic E-state index is -0.791. The van der Waals surface area contributed by atoms with Crippen LogP contribution in [0.2, 0.25) is 0 Å². The second kappa shape index (κ2) is 45.9. The zero-order chi connectivity index (χ0) is 42.4. The van der Waals surface area contributed by atoms with Crippen molar-refractivity contribution < 1.29 is 24.5 Å². The highest BCUT2D eigenvalue weighted by atomic mass is 16.5. The van der Waals surface area contributed by atoms with Crippen molar-refractivity contribution in [2.75, 3.05) is 6.61 Å². The summed E-state index contributed by atoms with van der Waals surface area (Å²) in [6, 6.07) is -0.706. The number of aliphatic hydroxyl groups excluding tert-OH is 2. The Hall–Kier alpha value is -2.18. The summed E-state index contributed by atoms with van der Waals surface area (Å²) < 4.78 is 5.91. The monoisotopic (exact) mass is 814 g/mol. The summed E-state index contributed by atoms with van der Waals surface area (Å²) in [4.78, 5) is 26.1. The molecule has 0 saturated heterocycles. The molecule has 6 heteroatoms. The Kier molecular flexibility index (Phi) is 44.2. The van der Waals surface area contributed by atoms with Crippen molar-refractivity contribution in [3.05, 3.63) is 48.6 Å². The average Bonchev–Trinajstić information content (AvgIpc) is 3.22. The summed E-state index contributed by atoms with van der Waals surface area (Å²) in [6.45, 7) is 6.33. The highest BCUT2D eigenvalue weighted by Crippen LogP contribution is 2.17. The van der Waals surface area contributed by atoms with E-state index in [9.17, 15) is 19.8 Å². The number of hydrogen-bond acceptors (Lipinski definition) is 5. The van der Waals surface area contributed by atoms with Crippen LogP contribution in [0, 0.1) is 0 Å². The molecule has 1 amide bonds. The smallest absolute Gasteiger partial charge is 0.306 e. The van der Waals surface area contributed by atoms with E-state index in [1.54, 1.807) is 0 Å². The zero-order valence-electron chi connectivity index (χ0n) is 38.4. The number of aliphatic hydroxyl groups is 2. The number of unbranched alkanes of at least 4 members (excludes halogenated alkanes) is 24. The maximum absolute atomic E-state index is 13.2. The molecule has 338 valence electrons. The predicted octanol–water partition coefficient (Wildman–Crippen LogP) is 14.7. The quantitative estimate of drug-likeness (QED) is 0.0323. The Morgan fingerprint density at radius 3 is 1.43 bits per heavy atom. The van der Waals surface area contributed by atoms with E-state index in [4.69, 9.17) is 4.74 Å². The van der Waals surface area contributed by atoms with E-state index in [1.165, 1.54) is 109 Å². The van der Waals surface area contributed by atoms with E-state index >= 15 is 0 Å². The van der Waals surface area contributed by atoms with Gasteiger partial charge >= 0.3 is 5.97 Å². The number of hydrogen-bond donors (Lipinski definition) is 3. The minimum absolute atomic E-state index is 0.0649. The molecule has 6 nitrogen and oxygen atoms in total. The van der Waals surface area contributed by atoms with Crippen molar-refractivity contribution in [3.63, 3.8) is 0 Å². The summed E-state index contributed by atoms with van der Waals surface area (Å²) in [5.74, 6) is -0.495. The maximum Gasteiger partial charge on any atom is 0.306 e. The molecule has 0 radical (unpaired) electrons.